The van der Waals surface area contributed by atoms with E-state index in [0.717, 1.165) is 0 Å². The van der Waals surface area contributed by atoms with Gasteiger partial charge in [0.25, 0.3) is 5.91 Å². The number of carbonyl (C=O) groups is 1. The van der Waals surface area contributed by atoms with Gasteiger partial charge in [0.2, 0.25) is 0 Å². The molecule has 0 atom stereocenters. The van der Waals surface area contributed by atoms with Crippen LogP contribution < -0.4 is 16.1 Å². The van der Waals surface area contributed by atoms with E-state index in [1.54, 1.807) is 29.2 Å². The molecule has 25 heavy (non-hydrogen) atoms. The molecule has 1 saturated heterocycles. The summed E-state index contributed by atoms with van der Waals surface area (Å²) in [5.41, 5.74) is -0.335. The fraction of sp³-hybridized carbons (Fsp3) is 0.353. The molecule has 1 aromatic heterocycles. The standard InChI is InChI=1S/C17H18N4O4/c1-2-11-25-14-5-3-12(4-6-14)15(22)20-9-7-13(8-10-20)21-16(23)18-19-17(21)24/h1,3-6,13H,7-11H2,(H,18,23)(H,19,24). The van der Waals surface area contributed by atoms with Gasteiger partial charge in [-0.05, 0) is 37.1 Å². The van der Waals surface area contributed by atoms with Gasteiger partial charge in [-0.15, -0.1) is 6.42 Å². The third-order valence-electron chi connectivity index (χ3n) is 4.25. The topological polar surface area (TPSA) is 100 Å². The Morgan fingerprint density at radius 2 is 1.76 bits per heavy atom. The molecule has 1 aliphatic rings. The predicted molar refractivity (Wildman–Crippen MR) is 90.6 cm³/mol. The zero-order valence-corrected chi connectivity index (χ0v) is 13.5. The number of H-pyrrole nitrogens is 2. The van der Waals surface area contributed by atoms with Gasteiger partial charge in [-0.1, -0.05) is 5.92 Å². The Morgan fingerprint density at radius 3 is 2.32 bits per heavy atom. The summed E-state index contributed by atoms with van der Waals surface area (Å²) in [6, 6.07) is 6.60. The van der Waals surface area contributed by atoms with Crippen LogP contribution in [-0.2, 0) is 0 Å². The van der Waals surface area contributed by atoms with E-state index in [-0.39, 0.29) is 18.6 Å². The van der Waals surface area contributed by atoms with E-state index in [9.17, 15) is 14.4 Å². The van der Waals surface area contributed by atoms with E-state index in [0.29, 0.717) is 37.2 Å². The lowest BCUT2D eigenvalue weighted by molar-refractivity contribution is 0.0692. The van der Waals surface area contributed by atoms with Gasteiger partial charge in [0, 0.05) is 24.7 Å². The number of aromatic amines is 2. The minimum Gasteiger partial charge on any atom is -0.481 e. The van der Waals surface area contributed by atoms with Crippen LogP contribution in [0.3, 0.4) is 0 Å². The predicted octanol–water partition coefficient (Wildman–Crippen LogP) is 0.354. The molecule has 0 unspecified atom stereocenters. The van der Waals surface area contributed by atoms with Gasteiger partial charge in [-0.25, -0.2) is 24.4 Å². The van der Waals surface area contributed by atoms with Gasteiger partial charge in [-0.2, -0.15) is 0 Å². The number of nitrogens with zero attached hydrogens (tertiary/aromatic N) is 2. The highest BCUT2D eigenvalue weighted by Gasteiger charge is 2.26. The molecule has 1 amide bonds. The van der Waals surface area contributed by atoms with Crippen molar-refractivity contribution in [3.05, 3.63) is 50.8 Å². The first-order valence-electron chi connectivity index (χ1n) is 7.95. The second kappa shape index (κ2) is 7.13. The first kappa shape index (κ1) is 16.6. The molecular weight excluding hydrogens is 324 g/mol. The maximum Gasteiger partial charge on any atom is 0.344 e. The zero-order chi connectivity index (χ0) is 17.8. The molecule has 2 aromatic rings. The molecule has 0 saturated carbocycles. The number of rotatable bonds is 4. The summed E-state index contributed by atoms with van der Waals surface area (Å²) in [7, 11) is 0. The molecule has 1 fully saturated rings. The largest absolute Gasteiger partial charge is 0.481 e. The first-order valence-corrected chi connectivity index (χ1v) is 7.95. The van der Waals surface area contributed by atoms with Crippen LogP contribution >= 0.6 is 0 Å². The van der Waals surface area contributed by atoms with Gasteiger partial charge in [0.05, 0.1) is 0 Å². The summed E-state index contributed by atoms with van der Waals surface area (Å²) in [5.74, 6) is 2.91. The maximum atomic E-state index is 12.6. The Hall–Kier alpha value is -3.21. The number of carbonyl (C=O) groups excluding carboxylic acids is 1. The number of nitrogens with one attached hydrogen (secondary N) is 2. The van der Waals surface area contributed by atoms with Crippen molar-refractivity contribution in [2.24, 2.45) is 0 Å². The fourth-order valence-corrected chi connectivity index (χ4v) is 2.98. The van der Waals surface area contributed by atoms with E-state index in [1.165, 1.54) is 4.57 Å². The van der Waals surface area contributed by atoms with Crippen LogP contribution in [0.2, 0.25) is 0 Å². The molecule has 8 heteroatoms. The van der Waals surface area contributed by atoms with Gasteiger partial charge in [0.1, 0.15) is 12.4 Å². The highest BCUT2D eigenvalue weighted by Crippen LogP contribution is 2.22. The first-order chi connectivity index (χ1) is 12.1. The van der Waals surface area contributed by atoms with Crippen LogP contribution in [0, 0.1) is 12.3 Å². The van der Waals surface area contributed by atoms with E-state index in [4.69, 9.17) is 11.2 Å². The molecule has 0 radical (unpaired) electrons. The highest BCUT2D eigenvalue weighted by molar-refractivity contribution is 5.94. The summed E-state index contributed by atoms with van der Waals surface area (Å²) >= 11 is 0. The normalized spacial score (nSPS) is 14.9. The molecule has 1 aliphatic heterocycles. The third kappa shape index (κ3) is 3.50. The lowest BCUT2D eigenvalue weighted by atomic mass is 10.0. The average molecular weight is 342 g/mol. The molecule has 3 rings (SSSR count). The van der Waals surface area contributed by atoms with Gasteiger partial charge < -0.3 is 9.64 Å². The molecule has 1 aromatic carbocycles. The zero-order valence-electron chi connectivity index (χ0n) is 13.5. The van der Waals surface area contributed by atoms with Crippen molar-refractivity contribution in [1.82, 2.24) is 19.7 Å². The second-order valence-electron chi connectivity index (χ2n) is 5.77. The van der Waals surface area contributed by atoms with Crippen LogP contribution in [0.4, 0.5) is 0 Å². The average Bonchev–Trinajstić information content (AvgIpc) is 2.98. The van der Waals surface area contributed by atoms with Crippen LogP contribution in [0.15, 0.2) is 33.9 Å². The van der Waals surface area contributed by atoms with Crippen molar-refractivity contribution in [2.75, 3.05) is 19.7 Å². The van der Waals surface area contributed by atoms with Crippen LogP contribution in [-0.4, -0.2) is 45.3 Å². The maximum absolute atomic E-state index is 12.6. The lowest BCUT2D eigenvalue weighted by Gasteiger charge is -2.31. The monoisotopic (exact) mass is 342 g/mol. The lowest BCUT2D eigenvalue weighted by Crippen LogP contribution is -2.42. The van der Waals surface area contributed by atoms with E-state index >= 15 is 0 Å². The minimum atomic E-state index is -0.447. The Morgan fingerprint density at radius 1 is 1.16 bits per heavy atom. The number of benzene rings is 1. The smallest absolute Gasteiger partial charge is 0.344 e. The van der Waals surface area contributed by atoms with Gasteiger partial charge in [-0.3, -0.25) is 4.79 Å². The van der Waals surface area contributed by atoms with Gasteiger partial charge in [0.15, 0.2) is 0 Å². The summed E-state index contributed by atoms with van der Waals surface area (Å²) < 4.78 is 6.46. The van der Waals surface area contributed by atoms with E-state index < -0.39 is 11.4 Å². The van der Waals surface area contributed by atoms with Crippen molar-refractivity contribution in [3.8, 4) is 18.1 Å². The molecule has 8 nitrogen and oxygen atoms in total. The molecular formula is C17H18N4O4. The van der Waals surface area contributed by atoms with Crippen LogP contribution in [0.1, 0.15) is 29.2 Å². The molecule has 2 N–H and O–H groups in total. The van der Waals surface area contributed by atoms with E-state index in [1.807, 2.05) is 0 Å². The molecule has 130 valence electrons. The molecule has 0 bridgehead atoms. The SMILES string of the molecule is C#CCOc1ccc(C(=O)N2CCC(n3c(=O)[nH][nH]c3=O)CC2)cc1. The van der Waals surface area contributed by atoms with E-state index in [2.05, 4.69) is 16.1 Å². The highest BCUT2D eigenvalue weighted by atomic mass is 16.5. The number of hydrogen-bond acceptors (Lipinski definition) is 4. The Labute approximate surface area is 143 Å². The Balaban J connectivity index is 1.63. The summed E-state index contributed by atoms with van der Waals surface area (Å²) in [6.45, 7) is 1.14. The number of likely N-dealkylation sites (tertiary alicyclic amines) is 1. The van der Waals surface area contributed by atoms with Crippen molar-refractivity contribution in [2.45, 2.75) is 18.9 Å². The third-order valence-corrected chi connectivity index (χ3v) is 4.25. The number of aromatic nitrogens is 3. The number of piperidine rings is 1. The molecule has 0 aliphatic carbocycles. The Kier molecular flexibility index (Phi) is 4.75. The summed E-state index contributed by atoms with van der Waals surface area (Å²) in [6.07, 6.45) is 6.24. The van der Waals surface area contributed by atoms with Crippen molar-refractivity contribution in [3.63, 3.8) is 0 Å². The Bertz CT molecular complexity index is 865. The fourth-order valence-electron chi connectivity index (χ4n) is 2.98. The van der Waals surface area contributed by atoms with Crippen molar-refractivity contribution < 1.29 is 9.53 Å². The number of amides is 1. The van der Waals surface area contributed by atoms with Crippen LogP contribution in [0.5, 0.6) is 5.75 Å². The quantitative estimate of drug-likeness (QED) is 0.783. The minimum absolute atomic E-state index is 0.0859. The summed E-state index contributed by atoms with van der Waals surface area (Å²) in [5, 5.41) is 4.56. The van der Waals surface area contributed by atoms with Crippen molar-refractivity contribution in [1.29, 1.82) is 0 Å². The number of ether oxygens (including phenoxy) is 1. The summed E-state index contributed by atoms with van der Waals surface area (Å²) in [4.78, 5) is 37.6. The second-order valence-corrected chi connectivity index (χ2v) is 5.77. The van der Waals surface area contributed by atoms with Gasteiger partial charge >= 0.3 is 11.4 Å². The number of hydrogen-bond donors (Lipinski definition) is 2. The van der Waals surface area contributed by atoms with Crippen LogP contribution in [0.25, 0.3) is 0 Å². The molecule has 2 heterocycles. The molecule has 0 spiro atoms. The van der Waals surface area contributed by atoms with Crippen molar-refractivity contribution >= 4 is 5.91 Å². The number of terminal acetylenes is 1.